The fourth-order valence-electron chi connectivity index (χ4n) is 2.95. The molecule has 0 amide bonds. The van der Waals surface area contributed by atoms with E-state index < -0.39 is 0 Å². The first-order valence-corrected chi connectivity index (χ1v) is 7.16. The Morgan fingerprint density at radius 1 is 1.37 bits per heavy atom. The number of ketones is 1. The van der Waals surface area contributed by atoms with Crippen molar-refractivity contribution in [3.8, 4) is 5.75 Å². The molecule has 0 saturated heterocycles. The van der Waals surface area contributed by atoms with Crippen molar-refractivity contribution in [2.45, 2.75) is 58.9 Å². The van der Waals surface area contributed by atoms with Gasteiger partial charge in [-0.3, -0.25) is 9.48 Å². The van der Waals surface area contributed by atoms with Gasteiger partial charge in [0.2, 0.25) is 0 Å². The van der Waals surface area contributed by atoms with E-state index in [1.54, 1.807) is 18.0 Å². The maximum absolute atomic E-state index is 12.9. The zero-order valence-corrected chi connectivity index (χ0v) is 12.4. The van der Waals surface area contributed by atoms with Gasteiger partial charge in [0.1, 0.15) is 5.69 Å². The fraction of sp³-hybridized carbons (Fsp3) is 0.733. The highest BCUT2D eigenvalue weighted by Gasteiger charge is 2.38. The van der Waals surface area contributed by atoms with Crippen LogP contribution in [0.15, 0.2) is 6.20 Å². The second-order valence-corrected chi connectivity index (χ2v) is 6.05. The van der Waals surface area contributed by atoms with Crippen LogP contribution >= 0.6 is 0 Å². The SMILES string of the molecule is COc1cnn(C(C)C)c1C(=O)C1(C)CCCCC1. The summed E-state index contributed by atoms with van der Waals surface area (Å²) in [5.74, 6) is 0.792. The molecule has 0 spiro atoms. The molecular formula is C15H24N2O2. The molecule has 0 radical (unpaired) electrons. The Kier molecular flexibility index (Phi) is 3.97. The van der Waals surface area contributed by atoms with Crippen LogP contribution in [0.25, 0.3) is 0 Å². The van der Waals surface area contributed by atoms with E-state index in [1.165, 1.54) is 6.42 Å². The summed E-state index contributed by atoms with van der Waals surface area (Å²) in [4.78, 5) is 12.9. The van der Waals surface area contributed by atoms with Crippen molar-refractivity contribution in [3.63, 3.8) is 0 Å². The molecule has 0 atom stereocenters. The average molecular weight is 264 g/mol. The summed E-state index contributed by atoms with van der Waals surface area (Å²) in [7, 11) is 1.60. The monoisotopic (exact) mass is 264 g/mol. The lowest BCUT2D eigenvalue weighted by Crippen LogP contribution is -2.32. The molecule has 1 aliphatic carbocycles. The summed E-state index contributed by atoms with van der Waals surface area (Å²) in [5, 5.41) is 4.30. The predicted molar refractivity (Wildman–Crippen MR) is 74.7 cm³/mol. The fourth-order valence-corrected chi connectivity index (χ4v) is 2.95. The largest absolute Gasteiger partial charge is 0.493 e. The molecule has 1 aliphatic rings. The summed E-state index contributed by atoms with van der Waals surface area (Å²) < 4.78 is 7.12. The Morgan fingerprint density at radius 3 is 2.53 bits per heavy atom. The van der Waals surface area contributed by atoms with Gasteiger partial charge in [0.05, 0.1) is 13.3 Å². The lowest BCUT2D eigenvalue weighted by Gasteiger charge is -2.32. The second kappa shape index (κ2) is 5.35. The highest BCUT2D eigenvalue weighted by atomic mass is 16.5. The van der Waals surface area contributed by atoms with Crippen molar-refractivity contribution >= 4 is 5.78 Å². The Morgan fingerprint density at radius 2 is 2.00 bits per heavy atom. The van der Waals surface area contributed by atoms with E-state index in [4.69, 9.17) is 4.74 Å². The molecule has 19 heavy (non-hydrogen) atoms. The van der Waals surface area contributed by atoms with E-state index in [2.05, 4.69) is 12.0 Å². The smallest absolute Gasteiger partial charge is 0.190 e. The van der Waals surface area contributed by atoms with Gasteiger partial charge in [0.25, 0.3) is 0 Å². The van der Waals surface area contributed by atoms with E-state index in [1.807, 2.05) is 13.8 Å². The topological polar surface area (TPSA) is 44.1 Å². The van der Waals surface area contributed by atoms with Crippen LogP contribution in [0.5, 0.6) is 5.75 Å². The normalized spacial score (nSPS) is 18.6. The maximum Gasteiger partial charge on any atom is 0.190 e. The molecule has 1 saturated carbocycles. The van der Waals surface area contributed by atoms with Gasteiger partial charge in [0.15, 0.2) is 11.5 Å². The van der Waals surface area contributed by atoms with Gasteiger partial charge in [-0.25, -0.2) is 0 Å². The zero-order chi connectivity index (χ0) is 14.0. The minimum Gasteiger partial charge on any atom is -0.493 e. The Bertz CT molecular complexity index is 457. The number of rotatable bonds is 4. The Hall–Kier alpha value is -1.32. The molecule has 1 aromatic rings. The number of ether oxygens (including phenoxy) is 1. The lowest BCUT2D eigenvalue weighted by molar-refractivity contribution is 0.0731. The molecule has 0 aromatic carbocycles. The highest BCUT2D eigenvalue weighted by molar-refractivity contribution is 6.01. The molecule has 1 aromatic heterocycles. The van der Waals surface area contributed by atoms with Crippen molar-refractivity contribution in [2.24, 2.45) is 5.41 Å². The standard InChI is InChI=1S/C15H24N2O2/c1-11(2)17-13(12(19-4)10-16-17)14(18)15(3)8-6-5-7-9-15/h10-11H,5-9H2,1-4H3. The van der Waals surface area contributed by atoms with Crippen molar-refractivity contribution in [2.75, 3.05) is 7.11 Å². The van der Waals surface area contributed by atoms with E-state index in [-0.39, 0.29) is 17.2 Å². The Labute approximate surface area is 115 Å². The average Bonchev–Trinajstić information content (AvgIpc) is 2.82. The van der Waals surface area contributed by atoms with Crippen molar-refractivity contribution in [3.05, 3.63) is 11.9 Å². The minimum absolute atomic E-state index is 0.162. The number of nitrogens with zero attached hydrogens (tertiary/aromatic N) is 2. The van der Waals surface area contributed by atoms with Crippen molar-refractivity contribution < 1.29 is 9.53 Å². The molecule has 1 fully saturated rings. The minimum atomic E-state index is -0.252. The lowest BCUT2D eigenvalue weighted by atomic mass is 9.72. The predicted octanol–water partition coefficient (Wildman–Crippen LogP) is 3.63. The van der Waals surface area contributed by atoms with Crippen LogP contribution in [-0.4, -0.2) is 22.7 Å². The van der Waals surface area contributed by atoms with Gasteiger partial charge in [0, 0.05) is 11.5 Å². The third-order valence-corrected chi connectivity index (χ3v) is 4.19. The first-order valence-electron chi connectivity index (χ1n) is 7.16. The number of carbonyl (C=O) groups is 1. The number of methoxy groups -OCH3 is 1. The van der Waals surface area contributed by atoms with Crippen LogP contribution in [0.4, 0.5) is 0 Å². The summed E-state index contributed by atoms with van der Waals surface area (Å²) in [6, 6.07) is 0.162. The van der Waals surface area contributed by atoms with Gasteiger partial charge >= 0.3 is 0 Å². The van der Waals surface area contributed by atoms with Crippen LogP contribution in [-0.2, 0) is 0 Å². The summed E-state index contributed by atoms with van der Waals surface area (Å²) in [6.45, 7) is 6.16. The molecule has 2 rings (SSSR count). The van der Waals surface area contributed by atoms with E-state index in [9.17, 15) is 4.79 Å². The molecule has 4 nitrogen and oxygen atoms in total. The zero-order valence-electron chi connectivity index (χ0n) is 12.4. The van der Waals surface area contributed by atoms with Crippen LogP contribution in [0.2, 0.25) is 0 Å². The molecule has 106 valence electrons. The van der Waals surface area contributed by atoms with Gasteiger partial charge in [-0.15, -0.1) is 0 Å². The van der Waals surface area contributed by atoms with Gasteiger partial charge in [-0.05, 0) is 26.7 Å². The first-order chi connectivity index (χ1) is 8.99. The molecule has 0 bridgehead atoms. The van der Waals surface area contributed by atoms with Crippen LogP contribution in [0.3, 0.4) is 0 Å². The third kappa shape index (κ3) is 2.53. The summed E-state index contributed by atoms with van der Waals surface area (Å²) in [5.41, 5.74) is 0.389. The van der Waals surface area contributed by atoms with Crippen LogP contribution < -0.4 is 4.74 Å². The Balaban J connectivity index is 2.39. The second-order valence-electron chi connectivity index (χ2n) is 6.05. The van der Waals surface area contributed by atoms with E-state index in [0.29, 0.717) is 11.4 Å². The van der Waals surface area contributed by atoms with Crippen LogP contribution in [0.1, 0.15) is 69.4 Å². The van der Waals surface area contributed by atoms with Crippen molar-refractivity contribution in [1.82, 2.24) is 9.78 Å². The van der Waals surface area contributed by atoms with Gasteiger partial charge in [-0.1, -0.05) is 26.2 Å². The first kappa shape index (κ1) is 14.1. The van der Waals surface area contributed by atoms with Crippen molar-refractivity contribution in [1.29, 1.82) is 0 Å². The third-order valence-electron chi connectivity index (χ3n) is 4.19. The molecule has 1 heterocycles. The number of carbonyl (C=O) groups excluding carboxylic acids is 1. The number of aromatic nitrogens is 2. The molecular weight excluding hydrogens is 240 g/mol. The molecule has 0 N–H and O–H groups in total. The molecule has 0 aliphatic heterocycles. The van der Waals surface area contributed by atoms with Crippen LogP contribution in [0, 0.1) is 5.41 Å². The number of hydrogen-bond donors (Lipinski definition) is 0. The number of hydrogen-bond acceptors (Lipinski definition) is 3. The summed E-state index contributed by atoms with van der Waals surface area (Å²) >= 11 is 0. The molecule has 0 unspecified atom stereocenters. The number of Topliss-reactive ketones (excluding diaryl/α,β-unsaturated/α-hetero) is 1. The molecule has 4 heteroatoms. The van der Waals surface area contributed by atoms with Gasteiger partial charge in [-0.2, -0.15) is 5.10 Å². The quantitative estimate of drug-likeness (QED) is 0.780. The van der Waals surface area contributed by atoms with E-state index in [0.717, 1.165) is 25.7 Å². The van der Waals surface area contributed by atoms with E-state index >= 15 is 0 Å². The summed E-state index contributed by atoms with van der Waals surface area (Å²) in [6.07, 6.45) is 7.11. The van der Waals surface area contributed by atoms with Gasteiger partial charge < -0.3 is 4.74 Å². The maximum atomic E-state index is 12.9. The highest BCUT2D eigenvalue weighted by Crippen LogP contribution is 2.40.